The number of ether oxygens (including phenoxy) is 1. The number of methoxy groups -OCH3 is 1. The quantitative estimate of drug-likeness (QED) is 0.645. The van der Waals surface area contributed by atoms with Crippen LogP contribution in [-0.4, -0.2) is 46.0 Å². The zero-order valence-electron chi connectivity index (χ0n) is 15.9. The molecule has 6 heteroatoms. The Balaban J connectivity index is 1.78. The predicted octanol–water partition coefficient (Wildman–Crippen LogP) is 3.29. The number of carbonyl (C=O) groups excluding carboxylic acids is 1. The Bertz CT molecular complexity index is 906. The summed E-state index contributed by atoms with van der Waals surface area (Å²) in [5.74, 6) is 0.633. The molecule has 0 fully saturated rings. The molecule has 0 N–H and O–H groups in total. The lowest BCUT2D eigenvalue weighted by atomic mass is 10.1. The Labute approximate surface area is 159 Å². The maximum absolute atomic E-state index is 13.0. The first-order chi connectivity index (χ1) is 13.1. The molecule has 0 aliphatic carbocycles. The second kappa shape index (κ2) is 8.49. The smallest absolute Gasteiger partial charge is 0.276 e. The van der Waals surface area contributed by atoms with Crippen LogP contribution in [0.4, 0.5) is 0 Å². The Kier molecular flexibility index (Phi) is 5.86. The van der Waals surface area contributed by atoms with E-state index in [4.69, 9.17) is 4.74 Å². The summed E-state index contributed by atoms with van der Waals surface area (Å²) in [6.07, 6.45) is 0.809. The molecule has 0 aliphatic rings. The maximum Gasteiger partial charge on any atom is 0.276 e. The Morgan fingerprint density at radius 2 is 1.93 bits per heavy atom. The molecule has 2 aromatic carbocycles. The molecule has 0 aliphatic heterocycles. The van der Waals surface area contributed by atoms with Crippen molar-refractivity contribution >= 4 is 5.91 Å². The van der Waals surface area contributed by atoms with Gasteiger partial charge in [-0.05, 0) is 38.0 Å². The van der Waals surface area contributed by atoms with E-state index < -0.39 is 0 Å². The molecule has 3 rings (SSSR count). The van der Waals surface area contributed by atoms with Crippen molar-refractivity contribution in [2.24, 2.45) is 0 Å². The number of rotatable bonds is 7. The summed E-state index contributed by atoms with van der Waals surface area (Å²) in [7, 11) is 1.62. The third-order valence-corrected chi connectivity index (χ3v) is 4.58. The van der Waals surface area contributed by atoms with Gasteiger partial charge in [-0.1, -0.05) is 41.6 Å². The Morgan fingerprint density at radius 1 is 1.15 bits per heavy atom. The fourth-order valence-electron chi connectivity index (χ4n) is 2.98. The van der Waals surface area contributed by atoms with E-state index in [1.165, 1.54) is 5.56 Å². The standard InChI is InChI=1S/C21H24N4O2/c1-4-24(14-13-17-9-6-5-7-10-17)21(26)20-16(2)25(23-22-20)18-11-8-12-19(15-18)27-3/h5-12,15H,4,13-14H2,1-3H3. The minimum absolute atomic E-state index is 0.0972. The molecular weight excluding hydrogens is 340 g/mol. The first kappa shape index (κ1) is 18.6. The highest BCUT2D eigenvalue weighted by molar-refractivity contribution is 5.93. The van der Waals surface area contributed by atoms with Crippen molar-refractivity contribution in [3.8, 4) is 11.4 Å². The number of likely N-dealkylation sites (N-methyl/N-ethyl adjacent to an activating group) is 1. The summed E-state index contributed by atoms with van der Waals surface area (Å²) in [6.45, 7) is 5.10. The molecule has 3 aromatic rings. The lowest BCUT2D eigenvalue weighted by Gasteiger charge is -2.20. The first-order valence-corrected chi connectivity index (χ1v) is 9.04. The fraction of sp³-hybridized carbons (Fsp3) is 0.286. The van der Waals surface area contributed by atoms with Crippen LogP contribution < -0.4 is 4.74 Å². The molecule has 1 amide bonds. The van der Waals surface area contributed by atoms with Crippen LogP contribution in [-0.2, 0) is 6.42 Å². The summed E-state index contributed by atoms with van der Waals surface area (Å²) >= 11 is 0. The van der Waals surface area contributed by atoms with Crippen LogP contribution in [0, 0.1) is 6.92 Å². The molecule has 1 heterocycles. The van der Waals surface area contributed by atoms with Gasteiger partial charge in [0.25, 0.3) is 5.91 Å². The van der Waals surface area contributed by atoms with E-state index in [0.29, 0.717) is 24.5 Å². The summed E-state index contributed by atoms with van der Waals surface area (Å²) in [6, 6.07) is 17.7. The van der Waals surface area contributed by atoms with Gasteiger partial charge in [-0.2, -0.15) is 0 Å². The first-order valence-electron chi connectivity index (χ1n) is 9.04. The Morgan fingerprint density at radius 3 is 2.63 bits per heavy atom. The molecular formula is C21H24N4O2. The minimum atomic E-state index is -0.0972. The van der Waals surface area contributed by atoms with Gasteiger partial charge in [0.2, 0.25) is 0 Å². The number of hydrogen-bond donors (Lipinski definition) is 0. The molecule has 0 saturated carbocycles. The normalized spacial score (nSPS) is 10.6. The molecule has 0 saturated heterocycles. The molecule has 0 spiro atoms. The van der Waals surface area contributed by atoms with Crippen molar-refractivity contribution in [3.63, 3.8) is 0 Å². The maximum atomic E-state index is 13.0. The van der Waals surface area contributed by atoms with Gasteiger partial charge in [0.1, 0.15) is 5.75 Å². The number of benzene rings is 2. The second-order valence-corrected chi connectivity index (χ2v) is 6.26. The highest BCUT2D eigenvalue weighted by Crippen LogP contribution is 2.19. The number of aromatic nitrogens is 3. The molecule has 6 nitrogen and oxygen atoms in total. The highest BCUT2D eigenvalue weighted by Gasteiger charge is 2.22. The van der Waals surface area contributed by atoms with Gasteiger partial charge >= 0.3 is 0 Å². The zero-order valence-corrected chi connectivity index (χ0v) is 15.9. The van der Waals surface area contributed by atoms with Gasteiger partial charge in [-0.25, -0.2) is 4.68 Å². The number of hydrogen-bond acceptors (Lipinski definition) is 4. The molecule has 0 bridgehead atoms. The van der Waals surface area contributed by atoms with E-state index in [1.54, 1.807) is 16.7 Å². The number of amides is 1. The molecule has 140 valence electrons. The summed E-state index contributed by atoms with van der Waals surface area (Å²) < 4.78 is 6.93. The number of carbonyl (C=O) groups is 1. The predicted molar refractivity (Wildman–Crippen MR) is 104 cm³/mol. The van der Waals surface area contributed by atoms with Gasteiger partial charge < -0.3 is 9.64 Å². The van der Waals surface area contributed by atoms with E-state index in [-0.39, 0.29) is 5.91 Å². The van der Waals surface area contributed by atoms with Crippen LogP contribution in [0.1, 0.15) is 28.7 Å². The van der Waals surface area contributed by atoms with E-state index in [1.807, 2.05) is 56.3 Å². The monoisotopic (exact) mass is 364 g/mol. The Hall–Kier alpha value is -3.15. The van der Waals surface area contributed by atoms with Gasteiger partial charge in [-0.15, -0.1) is 5.10 Å². The highest BCUT2D eigenvalue weighted by atomic mass is 16.5. The SMILES string of the molecule is CCN(CCc1ccccc1)C(=O)c1nnn(-c2cccc(OC)c2)c1C. The van der Waals surface area contributed by atoms with E-state index >= 15 is 0 Å². The van der Waals surface area contributed by atoms with Crippen LogP contribution in [0.2, 0.25) is 0 Å². The van der Waals surface area contributed by atoms with Crippen LogP contribution in [0.25, 0.3) is 5.69 Å². The zero-order chi connectivity index (χ0) is 19.2. The molecule has 0 radical (unpaired) electrons. The average Bonchev–Trinajstić information content (AvgIpc) is 3.10. The van der Waals surface area contributed by atoms with E-state index in [0.717, 1.165) is 17.9 Å². The van der Waals surface area contributed by atoms with Crippen molar-refractivity contribution in [2.45, 2.75) is 20.3 Å². The third-order valence-electron chi connectivity index (χ3n) is 4.58. The van der Waals surface area contributed by atoms with Crippen LogP contribution in [0.3, 0.4) is 0 Å². The second-order valence-electron chi connectivity index (χ2n) is 6.26. The summed E-state index contributed by atoms with van der Waals surface area (Å²) in [5, 5.41) is 8.33. The topological polar surface area (TPSA) is 60.2 Å². The average molecular weight is 364 g/mol. The van der Waals surface area contributed by atoms with Gasteiger partial charge in [0.15, 0.2) is 5.69 Å². The van der Waals surface area contributed by atoms with Gasteiger partial charge in [-0.3, -0.25) is 4.79 Å². The van der Waals surface area contributed by atoms with E-state index in [2.05, 4.69) is 22.4 Å². The van der Waals surface area contributed by atoms with Crippen molar-refractivity contribution in [3.05, 3.63) is 71.5 Å². The van der Waals surface area contributed by atoms with Crippen LogP contribution in [0.15, 0.2) is 54.6 Å². The van der Waals surface area contributed by atoms with Crippen molar-refractivity contribution in [1.29, 1.82) is 0 Å². The summed E-state index contributed by atoms with van der Waals surface area (Å²) in [4.78, 5) is 14.8. The van der Waals surface area contributed by atoms with Crippen molar-refractivity contribution < 1.29 is 9.53 Å². The van der Waals surface area contributed by atoms with Crippen molar-refractivity contribution in [2.75, 3.05) is 20.2 Å². The van der Waals surface area contributed by atoms with Crippen LogP contribution in [0.5, 0.6) is 5.75 Å². The van der Waals surface area contributed by atoms with Crippen molar-refractivity contribution in [1.82, 2.24) is 19.9 Å². The lowest BCUT2D eigenvalue weighted by molar-refractivity contribution is 0.0759. The molecule has 27 heavy (non-hydrogen) atoms. The largest absolute Gasteiger partial charge is 0.497 e. The summed E-state index contributed by atoms with van der Waals surface area (Å²) in [5.41, 5.74) is 3.12. The van der Waals surface area contributed by atoms with Crippen LogP contribution >= 0.6 is 0 Å². The molecule has 0 unspecified atom stereocenters. The van der Waals surface area contributed by atoms with Gasteiger partial charge in [0, 0.05) is 19.2 Å². The van der Waals surface area contributed by atoms with E-state index in [9.17, 15) is 4.79 Å². The molecule has 0 atom stereocenters. The fourth-order valence-corrected chi connectivity index (χ4v) is 2.98. The minimum Gasteiger partial charge on any atom is -0.497 e. The number of nitrogens with zero attached hydrogens (tertiary/aromatic N) is 4. The lowest BCUT2D eigenvalue weighted by Crippen LogP contribution is -2.33. The third kappa shape index (κ3) is 4.16. The molecule has 1 aromatic heterocycles. The van der Waals surface area contributed by atoms with Gasteiger partial charge in [0.05, 0.1) is 18.5 Å².